The van der Waals surface area contributed by atoms with Crippen molar-refractivity contribution in [1.82, 2.24) is 20.0 Å². The van der Waals surface area contributed by atoms with Crippen LogP contribution in [0.25, 0.3) is 0 Å². The fraction of sp³-hybridized carbons (Fsp3) is 0.238. The number of hydrogen-bond acceptors (Lipinski definition) is 5. The summed E-state index contributed by atoms with van der Waals surface area (Å²) in [5, 5.41) is 14.5. The molecule has 3 aromatic rings. The summed E-state index contributed by atoms with van der Waals surface area (Å²) in [4.78, 5) is 1.32. The van der Waals surface area contributed by atoms with Crippen LogP contribution in [-0.4, -0.2) is 45.8 Å². The number of hydrazone groups is 1. The number of benzene rings is 2. The standard InChI is InChI=1S/C21H21ClN6O2S2/c1-14(2)28-23-12-19(24-28)32(29,30)26-21(31)27-13-18(15-6-4-3-5-7-15)20(25-27)16-8-10-17(22)11-9-16/h3-12,14,18H,13H2,1-2H3,(H,26,31). The molecule has 1 unspecified atom stereocenters. The molecule has 0 saturated heterocycles. The highest BCUT2D eigenvalue weighted by atomic mass is 35.5. The van der Waals surface area contributed by atoms with Gasteiger partial charge in [-0.2, -0.15) is 23.4 Å². The van der Waals surface area contributed by atoms with E-state index in [0.717, 1.165) is 16.8 Å². The Kier molecular flexibility index (Phi) is 6.36. The molecule has 2 aromatic carbocycles. The normalized spacial score (nSPS) is 17.2. The van der Waals surface area contributed by atoms with E-state index < -0.39 is 10.0 Å². The molecule has 0 amide bonds. The summed E-state index contributed by atoms with van der Waals surface area (Å²) in [6.45, 7) is 4.09. The van der Waals surface area contributed by atoms with Gasteiger partial charge in [-0.25, -0.2) is 5.01 Å². The van der Waals surface area contributed by atoms with E-state index in [-0.39, 0.29) is 22.2 Å². The first-order valence-corrected chi connectivity index (χ1v) is 12.1. The van der Waals surface area contributed by atoms with Crippen LogP contribution in [0.2, 0.25) is 5.02 Å². The average molecular weight is 489 g/mol. The number of sulfonamides is 1. The Labute approximate surface area is 197 Å². The SMILES string of the molecule is CC(C)n1ncc(S(=O)(=O)/N=C(\S)N2CC(c3ccccc3)C(c3ccc(Cl)cc3)=N2)n1. The van der Waals surface area contributed by atoms with E-state index in [1.807, 2.05) is 56.3 Å². The molecule has 2 heterocycles. The van der Waals surface area contributed by atoms with Gasteiger partial charge < -0.3 is 0 Å². The minimum atomic E-state index is -4.09. The molecule has 0 bridgehead atoms. The maximum atomic E-state index is 12.7. The Hall–Kier alpha value is -2.69. The van der Waals surface area contributed by atoms with E-state index >= 15 is 0 Å². The van der Waals surface area contributed by atoms with Gasteiger partial charge in [0.1, 0.15) is 0 Å². The third-order valence-corrected chi connectivity index (χ3v) is 6.75. The Balaban J connectivity index is 1.68. The van der Waals surface area contributed by atoms with E-state index in [1.165, 1.54) is 16.0 Å². The molecule has 0 aliphatic carbocycles. The highest BCUT2D eigenvalue weighted by molar-refractivity contribution is 7.98. The third-order valence-electron chi connectivity index (χ3n) is 4.90. The predicted octanol–water partition coefficient (Wildman–Crippen LogP) is 3.99. The summed E-state index contributed by atoms with van der Waals surface area (Å²) in [6, 6.07) is 17.2. The van der Waals surface area contributed by atoms with Gasteiger partial charge in [0.05, 0.1) is 24.5 Å². The van der Waals surface area contributed by atoms with Crippen molar-refractivity contribution < 1.29 is 8.42 Å². The van der Waals surface area contributed by atoms with Crippen molar-refractivity contribution in [2.24, 2.45) is 9.50 Å². The first-order chi connectivity index (χ1) is 15.2. The molecular formula is C21H21ClN6O2S2. The fourth-order valence-electron chi connectivity index (χ4n) is 3.28. The minimum absolute atomic E-state index is 0.0472. The largest absolute Gasteiger partial charge is 0.305 e. The highest BCUT2D eigenvalue weighted by Gasteiger charge is 2.31. The Morgan fingerprint density at radius 2 is 1.84 bits per heavy atom. The first kappa shape index (κ1) is 22.5. The molecule has 166 valence electrons. The van der Waals surface area contributed by atoms with Gasteiger partial charge in [-0.3, -0.25) is 0 Å². The fourth-order valence-corrected chi connectivity index (χ4v) is 4.63. The molecule has 1 aromatic heterocycles. The van der Waals surface area contributed by atoms with E-state index in [9.17, 15) is 8.42 Å². The number of nitrogens with zero attached hydrogens (tertiary/aromatic N) is 6. The highest BCUT2D eigenvalue weighted by Crippen LogP contribution is 2.30. The van der Waals surface area contributed by atoms with Crippen LogP contribution in [0, 0.1) is 0 Å². The summed E-state index contributed by atoms with van der Waals surface area (Å²) in [7, 11) is -4.09. The molecule has 1 aliphatic rings. The molecule has 0 saturated carbocycles. The number of halogens is 1. The molecule has 0 N–H and O–H groups in total. The zero-order chi connectivity index (χ0) is 22.9. The predicted molar refractivity (Wildman–Crippen MR) is 128 cm³/mol. The van der Waals surface area contributed by atoms with Gasteiger partial charge >= 0.3 is 10.0 Å². The number of aromatic nitrogens is 3. The van der Waals surface area contributed by atoms with E-state index in [4.69, 9.17) is 11.6 Å². The molecule has 8 nitrogen and oxygen atoms in total. The van der Waals surface area contributed by atoms with Gasteiger partial charge in [-0.1, -0.05) is 54.1 Å². The van der Waals surface area contributed by atoms with Gasteiger partial charge in [0.2, 0.25) is 5.03 Å². The second kappa shape index (κ2) is 9.05. The van der Waals surface area contributed by atoms with Crippen molar-refractivity contribution in [2.75, 3.05) is 6.54 Å². The zero-order valence-corrected chi connectivity index (χ0v) is 19.8. The maximum Gasteiger partial charge on any atom is 0.305 e. The Morgan fingerprint density at radius 3 is 2.47 bits per heavy atom. The molecule has 32 heavy (non-hydrogen) atoms. The maximum absolute atomic E-state index is 12.7. The molecule has 0 fully saturated rings. The Bertz CT molecular complexity index is 1270. The third kappa shape index (κ3) is 4.72. The zero-order valence-electron chi connectivity index (χ0n) is 17.4. The molecule has 0 spiro atoms. The topological polar surface area (TPSA) is 92.8 Å². The van der Waals surface area contributed by atoms with Crippen LogP contribution in [0.3, 0.4) is 0 Å². The van der Waals surface area contributed by atoms with Gasteiger partial charge in [0.25, 0.3) is 0 Å². The van der Waals surface area contributed by atoms with Crippen molar-refractivity contribution in [1.29, 1.82) is 0 Å². The minimum Gasteiger partial charge on any atom is -0.241 e. The van der Waals surface area contributed by atoms with Crippen molar-refractivity contribution in [2.45, 2.75) is 30.8 Å². The number of hydrogen-bond donors (Lipinski definition) is 1. The van der Waals surface area contributed by atoms with Crippen LogP contribution in [0.1, 0.15) is 36.9 Å². The monoisotopic (exact) mass is 488 g/mol. The van der Waals surface area contributed by atoms with Crippen LogP contribution in [-0.2, 0) is 10.0 Å². The molecule has 0 radical (unpaired) electrons. The first-order valence-electron chi connectivity index (χ1n) is 9.87. The van der Waals surface area contributed by atoms with Gasteiger partial charge in [-0.05, 0) is 37.1 Å². The van der Waals surface area contributed by atoms with Gasteiger partial charge in [0, 0.05) is 10.9 Å². The van der Waals surface area contributed by atoms with Crippen molar-refractivity contribution in [3.63, 3.8) is 0 Å². The summed E-state index contributed by atoms with van der Waals surface area (Å²) in [5.74, 6) is -0.0979. The number of rotatable bonds is 5. The van der Waals surface area contributed by atoms with Crippen LogP contribution in [0.4, 0.5) is 0 Å². The lowest BCUT2D eigenvalue weighted by atomic mass is 9.91. The average Bonchev–Trinajstić information content (AvgIpc) is 3.43. The molecule has 1 aliphatic heterocycles. The van der Waals surface area contributed by atoms with E-state index in [2.05, 4.69) is 32.3 Å². The van der Waals surface area contributed by atoms with Crippen LogP contribution >= 0.6 is 24.2 Å². The number of amidine groups is 1. The second-order valence-electron chi connectivity index (χ2n) is 7.50. The molecule has 11 heteroatoms. The lowest BCUT2D eigenvalue weighted by Gasteiger charge is -2.15. The summed E-state index contributed by atoms with van der Waals surface area (Å²) < 4.78 is 29.3. The molecular weight excluding hydrogens is 468 g/mol. The van der Waals surface area contributed by atoms with Crippen LogP contribution < -0.4 is 0 Å². The molecule has 1 atom stereocenters. The van der Waals surface area contributed by atoms with Gasteiger partial charge in [-0.15, -0.1) is 22.1 Å². The number of thiol groups is 1. The molecule has 4 rings (SSSR count). The lowest BCUT2D eigenvalue weighted by Crippen LogP contribution is -2.23. The quantitative estimate of drug-likeness (QED) is 0.333. The summed E-state index contributed by atoms with van der Waals surface area (Å²) in [6.07, 6.45) is 1.18. The van der Waals surface area contributed by atoms with E-state index in [1.54, 1.807) is 12.1 Å². The van der Waals surface area contributed by atoms with Crippen LogP contribution in [0.5, 0.6) is 0 Å². The Morgan fingerprint density at radius 1 is 1.16 bits per heavy atom. The second-order valence-corrected chi connectivity index (χ2v) is 9.89. The van der Waals surface area contributed by atoms with E-state index in [0.29, 0.717) is 11.6 Å². The van der Waals surface area contributed by atoms with Crippen molar-refractivity contribution in [3.8, 4) is 0 Å². The van der Waals surface area contributed by atoms with Crippen molar-refractivity contribution in [3.05, 3.63) is 76.9 Å². The van der Waals surface area contributed by atoms with Crippen LogP contribution in [0.15, 0.2) is 75.3 Å². The van der Waals surface area contributed by atoms with Gasteiger partial charge in [0.15, 0.2) is 5.17 Å². The van der Waals surface area contributed by atoms with Crippen molar-refractivity contribution >= 4 is 45.1 Å². The lowest BCUT2D eigenvalue weighted by molar-refractivity contribution is 0.457. The summed E-state index contributed by atoms with van der Waals surface area (Å²) >= 11 is 10.4. The summed E-state index contributed by atoms with van der Waals surface area (Å²) in [5.41, 5.74) is 2.71. The smallest absolute Gasteiger partial charge is 0.241 e.